The molecule has 0 aliphatic carbocycles. The Balaban J connectivity index is 1.42. The van der Waals surface area contributed by atoms with E-state index in [0.717, 1.165) is 11.0 Å². The van der Waals surface area contributed by atoms with Crippen LogP contribution in [-0.2, 0) is 24.0 Å². The highest BCUT2D eigenvalue weighted by Gasteiger charge is 2.36. The molecule has 2 aliphatic heterocycles. The van der Waals surface area contributed by atoms with Crippen LogP contribution < -0.4 is 20.7 Å². The third-order valence-corrected chi connectivity index (χ3v) is 7.21. The molecule has 2 aromatic rings. The Morgan fingerprint density at radius 3 is 2.35 bits per heavy atom. The van der Waals surface area contributed by atoms with Crippen LogP contribution in [0.2, 0.25) is 0 Å². The van der Waals surface area contributed by atoms with Crippen LogP contribution in [0.15, 0.2) is 30.3 Å². The second-order valence-corrected chi connectivity index (χ2v) is 10.2. The summed E-state index contributed by atoms with van der Waals surface area (Å²) >= 11 is 0. The Morgan fingerprint density at radius 1 is 1.00 bits per heavy atom. The van der Waals surface area contributed by atoms with Gasteiger partial charge < -0.3 is 25.6 Å². The van der Waals surface area contributed by atoms with Gasteiger partial charge in [0.05, 0.1) is 17.6 Å². The van der Waals surface area contributed by atoms with E-state index in [1.165, 1.54) is 18.2 Å². The highest BCUT2D eigenvalue weighted by Crippen LogP contribution is 2.27. The molecule has 2 saturated heterocycles. The van der Waals surface area contributed by atoms with E-state index in [0.29, 0.717) is 19.4 Å². The fraction of sp³-hybridized carbons (Fsp3) is 0.393. The molecule has 0 radical (unpaired) electrons. The van der Waals surface area contributed by atoms with Gasteiger partial charge in [0, 0.05) is 31.6 Å². The largest absolute Gasteiger partial charge is 0.479 e. The number of ether oxygens (including phenoxy) is 1. The fourth-order valence-electron chi connectivity index (χ4n) is 4.89. The molecular formula is C28H27F5N4O6. The molecule has 3 atom stereocenters. The maximum Gasteiger partial charge on any atom is 0.313 e. The van der Waals surface area contributed by atoms with E-state index in [-0.39, 0.29) is 43.6 Å². The van der Waals surface area contributed by atoms with Gasteiger partial charge in [0.25, 0.3) is 0 Å². The number of carbonyl (C=O) groups is 5. The second-order valence-electron chi connectivity index (χ2n) is 10.2. The molecule has 4 rings (SSSR count). The number of carbonyl (C=O) groups excluding carboxylic acids is 5. The van der Waals surface area contributed by atoms with E-state index in [1.54, 1.807) is 0 Å². The molecule has 2 fully saturated rings. The maximum atomic E-state index is 14.0. The fourth-order valence-corrected chi connectivity index (χ4v) is 4.89. The zero-order valence-corrected chi connectivity index (χ0v) is 22.6. The first-order chi connectivity index (χ1) is 20.5. The van der Waals surface area contributed by atoms with Crippen molar-refractivity contribution in [1.82, 2.24) is 15.5 Å². The minimum absolute atomic E-state index is 0.0249. The predicted octanol–water partition coefficient (Wildman–Crippen LogP) is 2.22. The minimum Gasteiger partial charge on any atom is -0.479 e. The Labute approximate surface area is 241 Å². The van der Waals surface area contributed by atoms with Gasteiger partial charge in [0.1, 0.15) is 12.4 Å². The number of hydrogen-bond acceptors (Lipinski definition) is 6. The summed E-state index contributed by atoms with van der Waals surface area (Å²) in [4.78, 5) is 64.7. The smallest absolute Gasteiger partial charge is 0.313 e. The average Bonchev–Trinajstić information content (AvgIpc) is 3.40. The Bertz CT molecular complexity index is 1410. The number of likely N-dealkylation sites (tertiary alicyclic amines) is 1. The Hall–Kier alpha value is -4.56. The quantitative estimate of drug-likeness (QED) is 0.227. The molecule has 2 aromatic carbocycles. The lowest BCUT2D eigenvalue weighted by molar-refractivity contribution is -0.145. The number of halogens is 5. The molecule has 2 heterocycles. The summed E-state index contributed by atoms with van der Waals surface area (Å²) in [5.74, 6) is -15.1. The van der Waals surface area contributed by atoms with Gasteiger partial charge in [-0.05, 0) is 37.8 Å². The Morgan fingerprint density at radius 2 is 1.70 bits per heavy atom. The predicted molar refractivity (Wildman–Crippen MR) is 139 cm³/mol. The standard InChI is InChI=1S/C28H27F5N4O6/c29-16-5-1-2-6-19(16)35-27(41)28(42)37-9-3-4-15(12-37)26(40)36-20(10-14-7-8-34-25(14)39)21(38)13-43-24-22(32)17(30)11-18(31)23(24)33/h1-2,5-6,11,14-15,20H,3-4,7-10,12-13H2,(H,34,39)(H,35,41)(H,36,40)/t14-,15+,20-/m0/s1. The van der Waals surface area contributed by atoms with Gasteiger partial charge in [-0.15, -0.1) is 0 Å². The lowest BCUT2D eigenvalue weighted by Gasteiger charge is -2.32. The summed E-state index contributed by atoms with van der Waals surface area (Å²) < 4.78 is 73.7. The highest BCUT2D eigenvalue weighted by atomic mass is 19.2. The summed E-state index contributed by atoms with van der Waals surface area (Å²) in [6.45, 7) is -0.854. The van der Waals surface area contributed by atoms with Gasteiger partial charge >= 0.3 is 11.8 Å². The normalized spacial score (nSPS) is 18.9. The van der Waals surface area contributed by atoms with Crippen LogP contribution in [-0.4, -0.2) is 66.6 Å². The molecule has 0 aromatic heterocycles. The second kappa shape index (κ2) is 13.6. The molecule has 0 spiro atoms. The molecule has 3 N–H and O–H groups in total. The average molecular weight is 611 g/mol. The van der Waals surface area contributed by atoms with Gasteiger partial charge in [0.15, 0.2) is 23.2 Å². The van der Waals surface area contributed by atoms with Crippen LogP contribution in [0.5, 0.6) is 5.75 Å². The summed E-state index contributed by atoms with van der Waals surface area (Å²) in [5.41, 5.74) is -0.201. The zero-order valence-electron chi connectivity index (χ0n) is 22.6. The van der Waals surface area contributed by atoms with Crippen LogP contribution in [0.4, 0.5) is 27.6 Å². The molecule has 15 heteroatoms. The van der Waals surface area contributed by atoms with E-state index in [2.05, 4.69) is 16.0 Å². The van der Waals surface area contributed by atoms with E-state index in [1.807, 2.05) is 0 Å². The van der Waals surface area contributed by atoms with Crippen molar-refractivity contribution < 1.29 is 50.7 Å². The number of nitrogens with one attached hydrogen (secondary N) is 3. The zero-order chi connectivity index (χ0) is 31.3. The van der Waals surface area contributed by atoms with Gasteiger partial charge in [-0.2, -0.15) is 8.78 Å². The van der Waals surface area contributed by atoms with Crippen molar-refractivity contribution in [1.29, 1.82) is 0 Å². The number of para-hydroxylation sites is 1. The van der Waals surface area contributed by atoms with Crippen LogP contribution in [0, 0.1) is 40.9 Å². The van der Waals surface area contributed by atoms with Crippen molar-refractivity contribution in [2.45, 2.75) is 31.7 Å². The molecule has 0 unspecified atom stereocenters. The number of anilines is 1. The molecule has 2 aliphatic rings. The maximum absolute atomic E-state index is 14.0. The number of hydrogen-bond donors (Lipinski definition) is 3. The SMILES string of the molecule is O=C(Nc1ccccc1F)C(=O)N1CCC[C@@H](C(=O)N[C@@H](C[C@@H]2CCNC2=O)C(=O)COc2c(F)c(F)cc(F)c2F)C1. The third-order valence-electron chi connectivity index (χ3n) is 7.21. The van der Waals surface area contributed by atoms with E-state index in [9.17, 15) is 45.9 Å². The van der Waals surface area contributed by atoms with Gasteiger partial charge in [0.2, 0.25) is 23.4 Å². The van der Waals surface area contributed by atoms with Gasteiger partial charge in [-0.1, -0.05) is 12.1 Å². The first-order valence-corrected chi connectivity index (χ1v) is 13.4. The summed E-state index contributed by atoms with van der Waals surface area (Å²) in [6.07, 6.45) is 0.710. The molecule has 0 saturated carbocycles. The van der Waals surface area contributed by atoms with Crippen molar-refractivity contribution in [2.75, 3.05) is 31.6 Å². The molecule has 230 valence electrons. The monoisotopic (exact) mass is 610 g/mol. The molecular weight excluding hydrogens is 583 g/mol. The number of Topliss-reactive ketones (excluding diaryl/α,β-unsaturated/α-hetero) is 1. The number of ketones is 1. The lowest BCUT2D eigenvalue weighted by Crippen LogP contribution is -2.52. The molecule has 10 nitrogen and oxygen atoms in total. The van der Waals surface area contributed by atoms with Crippen LogP contribution in [0.25, 0.3) is 0 Å². The van der Waals surface area contributed by atoms with Crippen molar-refractivity contribution in [3.63, 3.8) is 0 Å². The number of piperidine rings is 1. The van der Waals surface area contributed by atoms with Gasteiger partial charge in [-0.25, -0.2) is 13.2 Å². The van der Waals surface area contributed by atoms with Gasteiger partial charge in [-0.3, -0.25) is 24.0 Å². The van der Waals surface area contributed by atoms with Crippen LogP contribution >= 0.6 is 0 Å². The van der Waals surface area contributed by atoms with E-state index < -0.39 is 82.8 Å². The van der Waals surface area contributed by atoms with Crippen molar-refractivity contribution >= 4 is 35.1 Å². The molecule has 0 bridgehead atoms. The van der Waals surface area contributed by atoms with Crippen molar-refractivity contribution in [3.05, 3.63) is 59.4 Å². The van der Waals surface area contributed by atoms with Crippen molar-refractivity contribution in [3.8, 4) is 5.75 Å². The third kappa shape index (κ3) is 7.45. The van der Waals surface area contributed by atoms with Crippen molar-refractivity contribution in [2.24, 2.45) is 11.8 Å². The topological polar surface area (TPSA) is 134 Å². The number of amides is 4. The van der Waals surface area contributed by atoms with E-state index >= 15 is 0 Å². The van der Waals surface area contributed by atoms with Crippen LogP contribution in [0.1, 0.15) is 25.7 Å². The molecule has 43 heavy (non-hydrogen) atoms. The minimum atomic E-state index is -1.85. The Kier molecular flexibility index (Phi) is 9.93. The number of benzene rings is 2. The first-order valence-electron chi connectivity index (χ1n) is 13.4. The summed E-state index contributed by atoms with van der Waals surface area (Å²) in [7, 11) is 0. The lowest BCUT2D eigenvalue weighted by atomic mass is 9.93. The number of nitrogens with zero attached hydrogens (tertiary/aromatic N) is 1. The highest BCUT2D eigenvalue weighted by molar-refractivity contribution is 6.39. The summed E-state index contributed by atoms with van der Waals surface area (Å²) in [6, 6.07) is 3.81. The number of rotatable bonds is 9. The molecule has 4 amide bonds. The first kappa shape index (κ1) is 31.4. The summed E-state index contributed by atoms with van der Waals surface area (Å²) in [5, 5.41) is 7.25. The van der Waals surface area contributed by atoms with Crippen LogP contribution in [0.3, 0.4) is 0 Å². The van der Waals surface area contributed by atoms with E-state index in [4.69, 9.17) is 4.74 Å².